The summed E-state index contributed by atoms with van der Waals surface area (Å²) in [6.45, 7) is 0.222. The molecule has 0 saturated carbocycles. The number of furan rings is 1. The maximum atomic E-state index is 12.9. The highest BCUT2D eigenvalue weighted by atomic mass is 35.5. The second-order valence-electron chi connectivity index (χ2n) is 6.37. The van der Waals surface area contributed by atoms with Gasteiger partial charge >= 0.3 is 0 Å². The number of carbonyl (C=O) groups is 1. The van der Waals surface area contributed by atoms with E-state index in [9.17, 15) is 14.9 Å². The Bertz CT molecular complexity index is 1200. The summed E-state index contributed by atoms with van der Waals surface area (Å²) in [4.78, 5) is 23.3. The van der Waals surface area contributed by atoms with Gasteiger partial charge in [-0.2, -0.15) is 5.10 Å². The summed E-state index contributed by atoms with van der Waals surface area (Å²) >= 11 is 6.11. The normalized spacial score (nSPS) is 10.7. The Labute approximate surface area is 175 Å². The smallest absolute Gasteiger partial charge is 0.270 e. The zero-order chi connectivity index (χ0) is 21.1. The predicted molar refractivity (Wildman–Crippen MR) is 111 cm³/mol. The van der Waals surface area contributed by atoms with Crippen LogP contribution in [0.3, 0.4) is 0 Å². The first-order chi connectivity index (χ1) is 14.5. The highest BCUT2D eigenvalue weighted by molar-refractivity contribution is 6.30. The Morgan fingerprint density at radius 2 is 1.93 bits per heavy atom. The molecule has 30 heavy (non-hydrogen) atoms. The van der Waals surface area contributed by atoms with Gasteiger partial charge in [-0.05, 0) is 48.5 Å². The third-order valence-corrected chi connectivity index (χ3v) is 4.61. The number of hydrogen-bond acceptors (Lipinski definition) is 5. The largest absolute Gasteiger partial charge is 0.467 e. The molecule has 0 bridgehead atoms. The van der Waals surface area contributed by atoms with Crippen LogP contribution in [-0.2, 0) is 6.54 Å². The van der Waals surface area contributed by atoms with E-state index in [0.29, 0.717) is 27.7 Å². The van der Waals surface area contributed by atoms with E-state index in [0.717, 1.165) is 0 Å². The molecule has 4 aromatic rings. The molecule has 4 rings (SSSR count). The summed E-state index contributed by atoms with van der Waals surface area (Å²) in [6, 6.07) is 18.0. The van der Waals surface area contributed by atoms with E-state index in [2.05, 4.69) is 10.4 Å². The minimum Gasteiger partial charge on any atom is -0.467 e. The lowest BCUT2D eigenvalue weighted by atomic mass is 10.1. The number of nitrogens with zero attached hydrogens (tertiary/aromatic N) is 3. The number of carbonyl (C=O) groups excluding carboxylic acids is 1. The lowest BCUT2D eigenvalue weighted by Gasteiger charge is -2.08. The van der Waals surface area contributed by atoms with Gasteiger partial charge in [0.1, 0.15) is 11.5 Å². The summed E-state index contributed by atoms with van der Waals surface area (Å²) in [5, 5.41) is 18.7. The molecule has 0 fully saturated rings. The number of nitro groups is 1. The second-order valence-corrected chi connectivity index (χ2v) is 6.81. The third kappa shape index (κ3) is 4.08. The molecule has 0 aliphatic carbocycles. The molecule has 0 radical (unpaired) electrons. The second kappa shape index (κ2) is 8.22. The average molecular weight is 423 g/mol. The quantitative estimate of drug-likeness (QED) is 0.360. The SMILES string of the molecule is O=C(NCc1ccco1)c1cc(-c2ccc([N+](=O)[O-])cc2)nn1-c1cccc(Cl)c1. The molecule has 2 aromatic carbocycles. The van der Waals surface area contributed by atoms with Crippen LogP contribution >= 0.6 is 11.6 Å². The van der Waals surface area contributed by atoms with Gasteiger partial charge in [-0.15, -0.1) is 0 Å². The summed E-state index contributed by atoms with van der Waals surface area (Å²) in [5.41, 5.74) is 2.01. The van der Waals surface area contributed by atoms with Gasteiger partial charge in [-0.3, -0.25) is 14.9 Å². The monoisotopic (exact) mass is 422 g/mol. The molecular formula is C21H15ClN4O4. The number of non-ortho nitro benzene ring substituents is 1. The van der Waals surface area contributed by atoms with Crippen LogP contribution in [0.25, 0.3) is 16.9 Å². The number of aromatic nitrogens is 2. The van der Waals surface area contributed by atoms with Gasteiger partial charge in [0.15, 0.2) is 0 Å². The minimum atomic E-state index is -0.470. The van der Waals surface area contributed by atoms with E-state index in [4.69, 9.17) is 16.0 Å². The molecule has 9 heteroatoms. The fraction of sp³-hybridized carbons (Fsp3) is 0.0476. The molecule has 150 valence electrons. The first-order valence-corrected chi connectivity index (χ1v) is 9.30. The Hall–Kier alpha value is -3.91. The van der Waals surface area contributed by atoms with Crippen LogP contribution in [0.5, 0.6) is 0 Å². The molecule has 0 saturated heterocycles. The number of nitrogens with one attached hydrogen (secondary N) is 1. The third-order valence-electron chi connectivity index (χ3n) is 4.37. The van der Waals surface area contributed by atoms with Crippen molar-refractivity contribution in [3.63, 3.8) is 0 Å². The van der Waals surface area contributed by atoms with E-state index in [1.807, 2.05) is 0 Å². The standard InChI is InChI=1S/C21H15ClN4O4/c22-15-3-1-4-17(11-15)25-20(21(27)23-13-18-5-2-10-30-18)12-19(24-25)14-6-8-16(9-7-14)26(28)29/h1-12H,13H2,(H,23,27). The number of hydrogen-bond donors (Lipinski definition) is 1. The van der Waals surface area contributed by atoms with Gasteiger partial charge in [-0.1, -0.05) is 17.7 Å². The van der Waals surface area contributed by atoms with Gasteiger partial charge in [0, 0.05) is 22.7 Å². The number of benzene rings is 2. The van der Waals surface area contributed by atoms with Gasteiger partial charge in [0.05, 0.1) is 29.1 Å². The summed E-state index contributed by atoms with van der Waals surface area (Å²) in [5.74, 6) is 0.264. The van der Waals surface area contributed by atoms with Crippen molar-refractivity contribution in [3.05, 3.63) is 99.6 Å². The van der Waals surface area contributed by atoms with Crippen molar-refractivity contribution in [2.24, 2.45) is 0 Å². The fourth-order valence-corrected chi connectivity index (χ4v) is 3.10. The van der Waals surface area contributed by atoms with Crippen molar-refractivity contribution in [1.29, 1.82) is 0 Å². The molecule has 1 amide bonds. The Morgan fingerprint density at radius 3 is 2.60 bits per heavy atom. The van der Waals surface area contributed by atoms with Crippen molar-refractivity contribution >= 4 is 23.2 Å². The summed E-state index contributed by atoms with van der Waals surface area (Å²) in [6.07, 6.45) is 1.53. The fourth-order valence-electron chi connectivity index (χ4n) is 2.91. The van der Waals surface area contributed by atoms with Gasteiger partial charge in [0.25, 0.3) is 11.6 Å². The van der Waals surface area contributed by atoms with Crippen LogP contribution in [0, 0.1) is 10.1 Å². The van der Waals surface area contributed by atoms with Crippen LogP contribution < -0.4 is 5.32 Å². The van der Waals surface area contributed by atoms with E-state index < -0.39 is 4.92 Å². The minimum absolute atomic E-state index is 0.0237. The van der Waals surface area contributed by atoms with Gasteiger partial charge in [0.2, 0.25) is 0 Å². The van der Waals surface area contributed by atoms with Crippen molar-refractivity contribution in [2.75, 3.05) is 0 Å². The van der Waals surface area contributed by atoms with Crippen molar-refractivity contribution in [1.82, 2.24) is 15.1 Å². The topological polar surface area (TPSA) is 103 Å². The molecule has 0 aliphatic heterocycles. The average Bonchev–Trinajstić information content (AvgIpc) is 3.42. The highest BCUT2D eigenvalue weighted by Gasteiger charge is 2.18. The number of halogens is 1. The van der Waals surface area contributed by atoms with Crippen LogP contribution in [0.2, 0.25) is 5.02 Å². The predicted octanol–water partition coefficient (Wildman–Crippen LogP) is 4.62. The van der Waals surface area contributed by atoms with E-state index in [-0.39, 0.29) is 23.8 Å². The molecule has 0 spiro atoms. The highest BCUT2D eigenvalue weighted by Crippen LogP contribution is 2.25. The zero-order valence-corrected chi connectivity index (χ0v) is 16.2. The zero-order valence-electron chi connectivity index (χ0n) is 15.5. The number of amides is 1. The first-order valence-electron chi connectivity index (χ1n) is 8.93. The molecule has 0 atom stereocenters. The van der Waals surface area contributed by atoms with Crippen molar-refractivity contribution < 1.29 is 14.1 Å². The summed E-state index contributed by atoms with van der Waals surface area (Å²) in [7, 11) is 0. The van der Waals surface area contributed by atoms with Gasteiger partial charge < -0.3 is 9.73 Å². The molecule has 2 heterocycles. The molecule has 8 nitrogen and oxygen atoms in total. The summed E-state index contributed by atoms with van der Waals surface area (Å²) < 4.78 is 6.73. The van der Waals surface area contributed by atoms with Crippen LogP contribution in [-0.4, -0.2) is 20.6 Å². The van der Waals surface area contributed by atoms with Crippen LogP contribution in [0.4, 0.5) is 5.69 Å². The molecule has 1 N–H and O–H groups in total. The maximum absolute atomic E-state index is 12.9. The van der Waals surface area contributed by atoms with E-state index in [1.165, 1.54) is 23.1 Å². The van der Waals surface area contributed by atoms with E-state index >= 15 is 0 Å². The Balaban J connectivity index is 1.71. The maximum Gasteiger partial charge on any atom is 0.270 e. The molecule has 2 aromatic heterocycles. The lowest BCUT2D eigenvalue weighted by Crippen LogP contribution is -2.25. The Morgan fingerprint density at radius 1 is 1.13 bits per heavy atom. The number of nitro benzene ring substituents is 1. The Kier molecular flexibility index (Phi) is 5.32. The molecular weight excluding hydrogens is 408 g/mol. The molecule has 0 aliphatic rings. The van der Waals surface area contributed by atoms with Crippen molar-refractivity contribution in [2.45, 2.75) is 6.54 Å². The van der Waals surface area contributed by atoms with Crippen LogP contribution in [0.15, 0.2) is 77.4 Å². The van der Waals surface area contributed by atoms with E-state index in [1.54, 1.807) is 54.6 Å². The number of rotatable bonds is 6. The van der Waals surface area contributed by atoms with Gasteiger partial charge in [-0.25, -0.2) is 4.68 Å². The molecule has 0 unspecified atom stereocenters. The lowest BCUT2D eigenvalue weighted by molar-refractivity contribution is -0.384. The first kappa shape index (κ1) is 19.4. The van der Waals surface area contributed by atoms with Crippen LogP contribution in [0.1, 0.15) is 16.2 Å². The van der Waals surface area contributed by atoms with Crippen molar-refractivity contribution in [3.8, 4) is 16.9 Å².